The van der Waals surface area contributed by atoms with Crippen LogP contribution in [0.3, 0.4) is 0 Å². The maximum absolute atomic E-state index is 13.0. The van der Waals surface area contributed by atoms with E-state index in [1.807, 2.05) is 23.6 Å². The lowest BCUT2D eigenvalue weighted by Gasteiger charge is -2.38. The van der Waals surface area contributed by atoms with Crippen LogP contribution < -0.4 is 15.5 Å². The Bertz CT molecular complexity index is 1050. The van der Waals surface area contributed by atoms with Gasteiger partial charge in [0.1, 0.15) is 12.1 Å². The highest BCUT2D eigenvalue weighted by Gasteiger charge is 2.42. The lowest BCUT2D eigenvalue weighted by molar-refractivity contribution is -0.129. The highest BCUT2D eigenvalue weighted by molar-refractivity contribution is 7.14. The Balaban J connectivity index is 1.44. The second kappa shape index (κ2) is 10.5. The molecule has 2 aliphatic rings. The summed E-state index contributed by atoms with van der Waals surface area (Å²) in [4.78, 5) is 35.2. The van der Waals surface area contributed by atoms with E-state index in [1.54, 1.807) is 23.5 Å². The predicted molar refractivity (Wildman–Crippen MR) is 131 cm³/mol. The molecule has 2 aromatic rings. The van der Waals surface area contributed by atoms with Crippen molar-refractivity contribution in [3.05, 3.63) is 35.2 Å². The quantitative estimate of drug-likeness (QED) is 0.535. The monoisotopic (exact) mass is 482 g/mol. The molecule has 1 saturated heterocycles. The third-order valence-electron chi connectivity index (χ3n) is 6.63. The number of aliphatic hydroxyl groups excluding tert-OH is 1. The van der Waals surface area contributed by atoms with Crippen molar-refractivity contribution in [3.63, 3.8) is 0 Å². The SMILES string of the molecule is CN1CCN(c2nc(-c3ccc(C(=O)NC4(C(=O)NCC#N)CCC(O)CC4)cc3)cs2)CC1. The molecule has 0 unspecified atom stereocenters. The molecule has 1 saturated carbocycles. The summed E-state index contributed by atoms with van der Waals surface area (Å²) < 4.78 is 0. The lowest BCUT2D eigenvalue weighted by atomic mass is 9.79. The summed E-state index contributed by atoms with van der Waals surface area (Å²) in [6.07, 6.45) is 0.991. The number of amides is 2. The third-order valence-corrected chi connectivity index (χ3v) is 7.53. The number of hydrogen-bond acceptors (Lipinski definition) is 8. The van der Waals surface area contributed by atoms with Crippen molar-refractivity contribution in [3.8, 4) is 17.3 Å². The molecule has 180 valence electrons. The minimum absolute atomic E-state index is 0.128. The van der Waals surface area contributed by atoms with Crippen molar-refractivity contribution in [1.82, 2.24) is 20.5 Å². The number of aromatic nitrogens is 1. The van der Waals surface area contributed by atoms with E-state index < -0.39 is 11.6 Å². The molecule has 0 radical (unpaired) electrons. The van der Waals surface area contributed by atoms with E-state index >= 15 is 0 Å². The molecule has 2 amide bonds. The molecule has 0 bridgehead atoms. The number of carbonyl (C=O) groups excluding carboxylic acids is 2. The van der Waals surface area contributed by atoms with Crippen LogP contribution in [0.2, 0.25) is 0 Å². The van der Waals surface area contributed by atoms with Crippen LogP contribution in [0.15, 0.2) is 29.6 Å². The third kappa shape index (κ3) is 5.38. The van der Waals surface area contributed by atoms with Gasteiger partial charge in [-0.3, -0.25) is 9.59 Å². The summed E-state index contributed by atoms with van der Waals surface area (Å²) in [5.74, 6) is -0.740. The smallest absolute Gasteiger partial charge is 0.252 e. The van der Waals surface area contributed by atoms with Gasteiger partial charge in [0.05, 0.1) is 17.9 Å². The van der Waals surface area contributed by atoms with Gasteiger partial charge >= 0.3 is 0 Å². The summed E-state index contributed by atoms with van der Waals surface area (Å²) in [5.41, 5.74) is 1.12. The van der Waals surface area contributed by atoms with Gasteiger partial charge in [0.25, 0.3) is 5.91 Å². The summed E-state index contributed by atoms with van der Waals surface area (Å²) in [6, 6.07) is 9.09. The number of carbonyl (C=O) groups is 2. The van der Waals surface area contributed by atoms with Crippen LogP contribution in [0.1, 0.15) is 36.0 Å². The van der Waals surface area contributed by atoms with Gasteiger partial charge < -0.3 is 25.5 Å². The number of nitrogens with one attached hydrogen (secondary N) is 2. The number of thiazole rings is 1. The minimum atomic E-state index is -1.13. The zero-order chi connectivity index (χ0) is 24.1. The average molecular weight is 483 g/mol. The van der Waals surface area contributed by atoms with Crippen LogP contribution in [0.4, 0.5) is 5.13 Å². The molecule has 1 aliphatic heterocycles. The van der Waals surface area contributed by atoms with Gasteiger partial charge in [-0.1, -0.05) is 12.1 Å². The fourth-order valence-electron chi connectivity index (χ4n) is 4.41. The van der Waals surface area contributed by atoms with Crippen LogP contribution in [0.5, 0.6) is 0 Å². The van der Waals surface area contributed by atoms with Gasteiger partial charge in [0, 0.05) is 42.7 Å². The Morgan fingerprint density at radius 3 is 2.53 bits per heavy atom. The van der Waals surface area contributed by atoms with E-state index in [0.29, 0.717) is 31.2 Å². The van der Waals surface area contributed by atoms with E-state index in [2.05, 4.69) is 27.5 Å². The Kier molecular flexibility index (Phi) is 7.46. The minimum Gasteiger partial charge on any atom is -0.393 e. The van der Waals surface area contributed by atoms with Crippen LogP contribution >= 0.6 is 11.3 Å². The predicted octanol–water partition coefficient (Wildman–Crippen LogP) is 1.61. The first-order valence-electron chi connectivity index (χ1n) is 11.6. The molecule has 2 heterocycles. The molecule has 34 heavy (non-hydrogen) atoms. The number of benzene rings is 1. The summed E-state index contributed by atoms with van der Waals surface area (Å²) in [5, 5.41) is 27.2. The van der Waals surface area contributed by atoms with Crippen LogP contribution in [0, 0.1) is 11.3 Å². The number of anilines is 1. The van der Waals surface area contributed by atoms with Crippen LogP contribution in [-0.2, 0) is 4.79 Å². The molecule has 2 fully saturated rings. The van der Waals surface area contributed by atoms with E-state index in [0.717, 1.165) is 42.6 Å². The molecule has 0 spiro atoms. The van der Waals surface area contributed by atoms with Crippen molar-refractivity contribution in [2.75, 3.05) is 44.7 Å². The zero-order valence-electron chi connectivity index (χ0n) is 19.3. The summed E-state index contributed by atoms with van der Waals surface area (Å²) >= 11 is 1.62. The van der Waals surface area contributed by atoms with E-state index in [-0.39, 0.29) is 18.4 Å². The Hall–Kier alpha value is -3.00. The maximum Gasteiger partial charge on any atom is 0.252 e. The summed E-state index contributed by atoms with van der Waals surface area (Å²) in [6.45, 7) is 3.84. The van der Waals surface area contributed by atoms with Crippen LogP contribution in [0.25, 0.3) is 11.3 Å². The van der Waals surface area contributed by atoms with Crippen molar-refractivity contribution in [2.45, 2.75) is 37.3 Å². The molecule has 1 aromatic heterocycles. The highest BCUT2D eigenvalue weighted by Crippen LogP contribution is 2.30. The summed E-state index contributed by atoms with van der Waals surface area (Å²) in [7, 11) is 2.13. The first-order valence-corrected chi connectivity index (χ1v) is 12.4. The Labute approximate surface area is 203 Å². The zero-order valence-corrected chi connectivity index (χ0v) is 20.1. The van der Waals surface area contributed by atoms with Crippen molar-refractivity contribution in [1.29, 1.82) is 5.26 Å². The van der Waals surface area contributed by atoms with E-state index in [4.69, 9.17) is 10.2 Å². The normalized spacial score (nSPS) is 23.2. The molecule has 1 aromatic carbocycles. The van der Waals surface area contributed by atoms with E-state index in [9.17, 15) is 14.7 Å². The van der Waals surface area contributed by atoms with Gasteiger partial charge in [0.15, 0.2) is 5.13 Å². The molecule has 4 rings (SSSR count). The van der Waals surface area contributed by atoms with Gasteiger partial charge in [-0.25, -0.2) is 4.98 Å². The maximum atomic E-state index is 13.0. The van der Waals surface area contributed by atoms with Crippen molar-refractivity contribution in [2.24, 2.45) is 0 Å². The molecule has 0 atom stereocenters. The number of piperazine rings is 1. The van der Waals surface area contributed by atoms with E-state index in [1.165, 1.54) is 0 Å². The fourth-order valence-corrected chi connectivity index (χ4v) is 5.30. The molecule has 9 nitrogen and oxygen atoms in total. The second-order valence-electron chi connectivity index (χ2n) is 8.99. The second-order valence-corrected chi connectivity index (χ2v) is 9.83. The Morgan fingerprint density at radius 2 is 1.88 bits per heavy atom. The van der Waals surface area contributed by atoms with Gasteiger partial charge in [-0.05, 0) is 44.9 Å². The van der Waals surface area contributed by atoms with Crippen LogP contribution in [-0.4, -0.2) is 78.2 Å². The Morgan fingerprint density at radius 1 is 1.21 bits per heavy atom. The number of rotatable bonds is 6. The molecule has 1 aliphatic carbocycles. The first-order chi connectivity index (χ1) is 16.4. The van der Waals surface area contributed by atoms with Crippen molar-refractivity contribution < 1.29 is 14.7 Å². The molecular weight excluding hydrogens is 452 g/mol. The first kappa shape index (κ1) is 24.1. The lowest BCUT2D eigenvalue weighted by Crippen LogP contribution is -2.60. The van der Waals surface area contributed by atoms with Gasteiger partial charge in [-0.2, -0.15) is 5.26 Å². The van der Waals surface area contributed by atoms with Gasteiger partial charge in [0.2, 0.25) is 5.91 Å². The van der Waals surface area contributed by atoms with Crippen molar-refractivity contribution >= 4 is 28.3 Å². The number of nitriles is 1. The molecule has 3 N–H and O–H groups in total. The highest BCUT2D eigenvalue weighted by atomic mass is 32.1. The van der Waals surface area contributed by atoms with Gasteiger partial charge in [-0.15, -0.1) is 11.3 Å². The number of nitrogens with zero attached hydrogens (tertiary/aromatic N) is 4. The standard InChI is InChI=1S/C24H30N6O3S/c1-29-12-14-30(15-13-29)23-27-20(16-34-23)17-2-4-18(5-3-17)21(32)28-24(22(33)26-11-10-25)8-6-19(31)7-9-24/h2-5,16,19,31H,6-9,11-15H2,1H3,(H,26,33)(H,28,32). The number of aliphatic hydroxyl groups is 1. The topological polar surface area (TPSA) is 122 Å². The average Bonchev–Trinajstić information content (AvgIpc) is 3.35. The molecule has 10 heteroatoms. The number of likely N-dealkylation sites (N-methyl/N-ethyl adjacent to an activating group) is 1. The fraction of sp³-hybridized carbons (Fsp3) is 0.500. The molecular formula is C24H30N6O3S. The largest absolute Gasteiger partial charge is 0.393 e. The number of hydrogen-bond donors (Lipinski definition) is 3.